The van der Waals surface area contributed by atoms with Crippen molar-refractivity contribution in [3.63, 3.8) is 0 Å². The zero-order chi connectivity index (χ0) is 17.4. The van der Waals surface area contributed by atoms with Gasteiger partial charge in [0.2, 0.25) is 5.91 Å². The van der Waals surface area contributed by atoms with Crippen LogP contribution in [0, 0.1) is 0 Å². The first-order chi connectivity index (χ1) is 11.6. The normalized spacial score (nSPS) is 12.0. The summed E-state index contributed by atoms with van der Waals surface area (Å²) >= 11 is 1.68. The molecule has 0 spiro atoms. The van der Waals surface area contributed by atoms with Gasteiger partial charge in [-0.2, -0.15) is 0 Å². The molecule has 0 fully saturated rings. The van der Waals surface area contributed by atoms with Gasteiger partial charge in [-0.15, -0.1) is 11.3 Å². The van der Waals surface area contributed by atoms with Gasteiger partial charge in [-0.1, -0.05) is 36.4 Å². The van der Waals surface area contributed by atoms with E-state index in [2.05, 4.69) is 28.8 Å². The third-order valence-corrected chi connectivity index (χ3v) is 4.40. The highest BCUT2D eigenvalue weighted by Gasteiger charge is 2.19. The van der Waals surface area contributed by atoms with Crippen molar-refractivity contribution in [2.75, 3.05) is 13.1 Å². The number of carbonyl (C=O) groups is 2. The summed E-state index contributed by atoms with van der Waals surface area (Å²) in [7, 11) is 0. The predicted octanol–water partition coefficient (Wildman–Crippen LogP) is 1.04. The topological polar surface area (TPSA) is 74.8 Å². The number of nitrogens with one attached hydrogen (secondary N) is 2. The summed E-state index contributed by atoms with van der Waals surface area (Å²) in [5.74, 6) is -0.317. The van der Waals surface area contributed by atoms with E-state index in [1.54, 1.807) is 11.3 Å². The van der Waals surface area contributed by atoms with Gasteiger partial charge in [0, 0.05) is 11.6 Å². The maximum atomic E-state index is 12.0. The number of nitrogens with two attached hydrogens (primary N) is 1. The first kappa shape index (κ1) is 18.2. The summed E-state index contributed by atoms with van der Waals surface area (Å²) in [6.45, 7) is 4.06. The van der Waals surface area contributed by atoms with E-state index in [4.69, 9.17) is 0 Å². The monoisotopic (exact) mass is 346 g/mol. The van der Waals surface area contributed by atoms with Crippen molar-refractivity contribution in [1.82, 2.24) is 10.6 Å². The summed E-state index contributed by atoms with van der Waals surface area (Å²) in [4.78, 5) is 24.8. The minimum Gasteiger partial charge on any atom is -0.352 e. The first-order valence-corrected chi connectivity index (χ1v) is 8.92. The molecule has 0 radical (unpaired) electrons. The summed E-state index contributed by atoms with van der Waals surface area (Å²) in [6.07, 6.45) is 0. The van der Waals surface area contributed by atoms with Crippen molar-refractivity contribution in [3.05, 3.63) is 58.3 Å². The average molecular weight is 346 g/mol. The standard InChI is InChI=1S/C18H23N3O2S/c1-13(2)21-17(23)12-19-16(22)11-20-18(15-9-6-10-24-15)14-7-4-3-5-8-14/h3-10,13,18,20H,11-12H2,1-2H3,(H,19,22)(H,21,23)/p+1/t18-/m1/s1. The van der Waals surface area contributed by atoms with Crippen LogP contribution in [0.2, 0.25) is 0 Å². The van der Waals surface area contributed by atoms with E-state index >= 15 is 0 Å². The number of hydrogen-bond acceptors (Lipinski definition) is 3. The molecule has 2 rings (SSSR count). The van der Waals surface area contributed by atoms with Crippen molar-refractivity contribution < 1.29 is 14.9 Å². The summed E-state index contributed by atoms with van der Waals surface area (Å²) < 4.78 is 0. The van der Waals surface area contributed by atoms with Gasteiger partial charge in [0.15, 0.2) is 6.54 Å². The van der Waals surface area contributed by atoms with E-state index in [9.17, 15) is 9.59 Å². The fourth-order valence-corrected chi connectivity index (χ4v) is 3.24. The SMILES string of the molecule is CC(C)NC(=O)CNC(=O)C[NH2+][C@H](c1ccccc1)c1cccs1. The van der Waals surface area contributed by atoms with Gasteiger partial charge in [0.1, 0.15) is 6.04 Å². The first-order valence-electron chi connectivity index (χ1n) is 8.04. The van der Waals surface area contributed by atoms with Crippen molar-refractivity contribution >= 4 is 23.2 Å². The zero-order valence-electron chi connectivity index (χ0n) is 14.0. The molecule has 1 aromatic heterocycles. The van der Waals surface area contributed by atoms with Gasteiger partial charge >= 0.3 is 0 Å². The quantitative estimate of drug-likeness (QED) is 0.668. The van der Waals surface area contributed by atoms with Crippen LogP contribution in [0.15, 0.2) is 47.8 Å². The van der Waals surface area contributed by atoms with Gasteiger partial charge in [-0.05, 0) is 25.3 Å². The van der Waals surface area contributed by atoms with E-state index in [1.165, 1.54) is 4.88 Å². The van der Waals surface area contributed by atoms with Crippen LogP contribution in [0.5, 0.6) is 0 Å². The number of amides is 2. The molecular formula is C18H24N3O2S+. The maximum absolute atomic E-state index is 12.0. The molecule has 2 amide bonds. The summed E-state index contributed by atoms with van der Waals surface area (Å²) in [5.41, 5.74) is 1.16. The molecule has 0 aliphatic carbocycles. The second-order valence-electron chi connectivity index (χ2n) is 5.84. The Bertz CT molecular complexity index is 642. The molecule has 1 atom stereocenters. The van der Waals surface area contributed by atoms with E-state index in [-0.39, 0.29) is 37.0 Å². The Balaban J connectivity index is 1.89. The Hall–Kier alpha value is -2.18. The predicted molar refractivity (Wildman–Crippen MR) is 95.7 cm³/mol. The number of thiophene rings is 1. The Morgan fingerprint density at radius 3 is 2.46 bits per heavy atom. The third kappa shape index (κ3) is 5.79. The van der Waals surface area contributed by atoms with E-state index in [0.717, 1.165) is 5.56 Å². The Kier molecular flexibility index (Phi) is 6.96. The van der Waals surface area contributed by atoms with Crippen molar-refractivity contribution in [1.29, 1.82) is 0 Å². The Labute approximate surface area is 146 Å². The van der Waals surface area contributed by atoms with Crippen molar-refractivity contribution in [2.45, 2.75) is 25.9 Å². The Morgan fingerprint density at radius 2 is 1.83 bits per heavy atom. The smallest absolute Gasteiger partial charge is 0.275 e. The molecule has 0 aliphatic rings. The minimum absolute atomic E-state index is 0.0137. The van der Waals surface area contributed by atoms with Crippen molar-refractivity contribution in [3.8, 4) is 0 Å². The minimum atomic E-state index is -0.170. The van der Waals surface area contributed by atoms with Crippen LogP contribution in [0.1, 0.15) is 30.3 Å². The number of carbonyl (C=O) groups excluding carboxylic acids is 2. The fourth-order valence-electron chi connectivity index (χ4n) is 2.39. The largest absolute Gasteiger partial charge is 0.352 e. The zero-order valence-corrected chi connectivity index (χ0v) is 14.8. The van der Waals surface area contributed by atoms with E-state index in [1.807, 2.05) is 48.8 Å². The van der Waals surface area contributed by atoms with Crippen LogP contribution >= 0.6 is 11.3 Å². The molecule has 0 saturated carbocycles. The lowest BCUT2D eigenvalue weighted by Gasteiger charge is -2.15. The molecule has 24 heavy (non-hydrogen) atoms. The second kappa shape index (κ2) is 9.20. The molecule has 4 N–H and O–H groups in total. The fraction of sp³-hybridized carbons (Fsp3) is 0.333. The lowest BCUT2D eigenvalue weighted by molar-refractivity contribution is -0.676. The highest BCUT2D eigenvalue weighted by molar-refractivity contribution is 7.10. The highest BCUT2D eigenvalue weighted by Crippen LogP contribution is 2.22. The molecular weight excluding hydrogens is 322 g/mol. The Morgan fingerprint density at radius 1 is 1.08 bits per heavy atom. The lowest BCUT2D eigenvalue weighted by atomic mass is 10.1. The molecule has 1 aromatic carbocycles. The molecule has 128 valence electrons. The van der Waals surface area contributed by atoms with Crippen LogP contribution in [0.4, 0.5) is 0 Å². The second-order valence-corrected chi connectivity index (χ2v) is 6.82. The van der Waals surface area contributed by atoms with Crippen LogP contribution in [0.3, 0.4) is 0 Å². The van der Waals surface area contributed by atoms with Gasteiger partial charge in [-0.25, -0.2) is 0 Å². The van der Waals surface area contributed by atoms with Gasteiger partial charge in [0.25, 0.3) is 5.91 Å². The van der Waals surface area contributed by atoms with Gasteiger partial charge in [0.05, 0.1) is 11.4 Å². The molecule has 5 nitrogen and oxygen atoms in total. The molecule has 1 heterocycles. The van der Waals surface area contributed by atoms with Crippen molar-refractivity contribution in [2.24, 2.45) is 0 Å². The maximum Gasteiger partial charge on any atom is 0.275 e. The molecule has 2 aromatic rings. The van der Waals surface area contributed by atoms with Crippen LogP contribution in [0.25, 0.3) is 0 Å². The van der Waals surface area contributed by atoms with E-state index < -0.39 is 0 Å². The van der Waals surface area contributed by atoms with Gasteiger partial charge < -0.3 is 16.0 Å². The third-order valence-electron chi connectivity index (χ3n) is 3.44. The molecule has 0 bridgehead atoms. The van der Waals surface area contributed by atoms with Crippen LogP contribution in [-0.2, 0) is 9.59 Å². The van der Waals surface area contributed by atoms with Gasteiger partial charge in [-0.3, -0.25) is 9.59 Å². The molecule has 0 aliphatic heterocycles. The number of rotatable bonds is 8. The molecule has 0 saturated heterocycles. The number of quaternary nitrogens is 1. The van der Waals surface area contributed by atoms with Crippen LogP contribution < -0.4 is 16.0 Å². The van der Waals surface area contributed by atoms with Crippen LogP contribution in [-0.4, -0.2) is 30.9 Å². The highest BCUT2D eigenvalue weighted by atomic mass is 32.1. The van der Waals surface area contributed by atoms with E-state index in [0.29, 0.717) is 0 Å². The summed E-state index contributed by atoms with van der Waals surface area (Å²) in [6, 6.07) is 14.4. The summed E-state index contributed by atoms with van der Waals surface area (Å²) in [5, 5.41) is 9.44. The number of benzene rings is 1. The molecule has 0 unspecified atom stereocenters. The number of hydrogen-bond donors (Lipinski definition) is 3. The lowest BCUT2D eigenvalue weighted by Crippen LogP contribution is -2.87. The average Bonchev–Trinajstić information content (AvgIpc) is 3.08. The molecule has 6 heteroatoms.